The van der Waals surface area contributed by atoms with Crippen molar-refractivity contribution in [2.24, 2.45) is 0 Å². The highest BCUT2D eigenvalue weighted by Crippen LogP contribution is 2.19. The van der Waals surface area contributed by atoms with Crippen LogP contribution in [0.2, 0.25) is 0 Å². The lowest BCUT2D eigenvalue weighted by Crippen LogP contribution is -2.07. The lowest BCUT2D eigenvalue weighted by atomic mass is 10.3. The van der Waals surface area contributed by atoms with Gasteiger partial charge in [-0.3, -0.25) is 0 Å². The van der Waals surface area contributed by atoms with E-state index in [1.165, 1.54) is 10.7 Å². The molecule has 0 fully saturated rings. The monoisotopic (exact) mass is 289 g/mol. The van der Waals surface area contributed by atoms with Crippen LogP contribution < -0.4 is 0 Å². The lowest BCUT2D eigenvalue weighted by molar-refractivity contribution is 0.587. The summed E-state index contributed by atoms with van der Waals surface area (Å²) in [4.78, 5) is 3.81. The Hall–Kier alpha value is -0.950. The number of halogens is 1. The predicted molar refractivity (Wildman–Crippen MR) is 58.5 cm³/mol. The zero-order valence-electron chi connectivity index (χ0n) is 8.10. The number of hydrogen-bond donors (Lipinski definition) is 0. The molecule has 2 rings (SSSR count). The second-order valence-electron chi connectivity index (χ2n) is 3.26. The molecular weight excluding hydrogens is 282 g/mol. The van der Waals surface area contributed by atoms with E-state index in [0.717, 1.165) is 17.3 Å². The molecule has 0 spiro atoms. The van der Waals surface area contributed by atoms with Gasteiger partial charge in [0.15, 0.2) is 0 Å². The molecule has 0 aliphatic rings. The van der Waals surface area contributed by atoms with Gasteiger partial charge in [-0.25, -0.2) is 17.9 Å². The van der Waals surface area contributed by atoms with Crippen molar-refractivity contribution in [1.82, 2.24) is 14.6 Å². The molecule has 0 atom stereocenters. The first kappa shape index (κ1) is 10.6. The van der Waals surface area contributed by atoms with Gasteiger partial charge in [0.2, 0.25) is 9.84 Å². The molecule has 5 nitrogen and oxygen atoms in total. The van der Waals surface area contributed by atoms with Crippen molar-refractivity contribution in [3.05, 3.63) is 22.4 Å². The normalized spacial score (nSPS) is 12.2. The van der Waals surface area contributed by atoms with Crippen LogP contribution in [0.3, 0.4) is 0 Å². The molecule has 0 aromatic carbocycles. The summed E-state index contributed by atoms with van der Waals surface area (Å²) < 4.78 is 24.7. The Labute approximate surface area is 95.2 Å². The summed E-state index contributed by atoms with van der Waals surface area (Å²) >= 11 is 3.30. The van der Waals surface area contributed by atoms with Gasteiger partial charge >= 0.3 is 0 Å². The standard InChI is InChI=1S/C8H8BrN3O2S/c1-5-3-7(9)12-6(5)4-10-8(11-12)15(2,13)14/h3-4H,1-2H3. The maximum Gasteiger partial charge on any atom is 0.265 e. The Kier molecular flexibility index (Phi) is 2.31. The van der Waals surface area contributed by atoms with Crippen LogP contribution in [0, 0.1) is 6.92 Å². The van der Waals surface area contributed by atoms with Crippen LogP contribution in [0.4, 0.5) is 0 Å². The van der Waals surface area contributed by atoms with E-state index in [2.05, 4.69) is 26.0 Å². The summed E-state index contributed by atoms with van der Waals surface area (Å²) in [5.74, 6) is 0. The number of aryl methyl sites for hydroxylation is 1. The molecule has 2 heterocycles. The summed E-state index contributed by atoms with van der Waals surface area (Å²) in [5.41, 5.74) is 1.77. The number of hydrogen-bond acceptors (Lipinski definition) is 4. The van der Waals surface area contributed by atoms with Gasteiger partial charge in [-0.15, -0.1) is 5.10 Å². The van der Waals surface area contributed by atoms with E-state index in [1.807, 2.05) is 13.0 Å². The predicted octanol–water partition coefficient (Wildman–Crippen LogP) is 1.20. The lowest BCUT2D eigenvalue weighted by Gasteiger charge is -1.99. The third-order valence-corrected chi connectivity index (χ3v) is 3.40. The van der Waals surface area contributed by atoms with Crippen LogP contribution in [-0.2, 0) is 9.84 Å². The zero-order valence-corrected chi connectivity index (χ0v) is 10.5. The molecule has 0 unspecified atom stereocenters. The fraction of sp³-hybridized carbons (Fsp3) is 0.250. The first-order chi connectivity index (χ1) is 6.89. The van der Waals surface area contributed by atoms with E-state index in [9.17, 15) is 8.42 Å². The maximum atomic E-state index is 11.2. The van der Waals surface area contributed by atoms with Crippen LogP contribution in [0.25, 0.3) is 5.52 Å². The Bertz CT molecular complexity index is 633. The second-order valence-corrected chi connectivity index (χ2v) is 5.98. The van der Waals surface area contributed by atoms with Crippen molar-refractivity contribution in [1.29, 1.82) is 0 Å². The molecular formula is C8H8BrN3O2S. The first-order valence-electron chi connectivity index (χ1n) is 4.10. The van der Waals surface area contributed by atoms with Crippen molar-refractivity contribution in [3.8, 4) is 0 Å². The summed E-state index contributed by atoms with van der Waals surface area (Å²) in [6, 6.07) is 1.86. The molecule has 15 heavy (non-hydrogen) atoms. The fourth-order valence-electron chi connectivity index (χ4n) is 1.25. The van der Waals surface area contributed by atoms with Crippen molar-refractivity contribution in [2.75, 3.05) is 6.26 Å². The van der Waals surface area contributed by atoms with Crippen molar-refractivity contribution in [3.63, 3.8) is 0 Å². The molecule has 0 saturated heterocycles. The number of nitrogens with zero attached hydrogens (tertiary/aromatic N) is 3. The number of sulfone groups is 1. The van der Waals surface area contributed by atoms with Crippen LogP contribution in [0.15, 0.2) is 22.0 Å². The zero-order chi connectivity index (χ0) is 11.2. The SMILES string of the molecule is Cc1cc(Br)n2nc(S(C)(=O)=O)ncc12. The van der Waals surface area contributed by atoms with E-state index in [-0.39, 0.29) is 5.16 Å². The largest absolute Gasteiger partial charge is 0.265 e. The molecule has 0 amide bonds. The van der Waals surface area contributed by atoms with Gasteiger partial charge in [0.1, 0.15) is 4.60 Å². The Morgan fingerprint density at radius 2 is 2.13 bits per heavy atom. The van der Waals surface area contributed by atoms with E-state index in [1.54, 1.807) is 0 Å². The number of rotatable bonds is 1. The highest BCUT2D eigenvalue weighted by atomic mass is 79.9. The molecule has 0 aliphatic carbocycles. The molecule has 2 aromatic heterocycles. The summed E-state index contributed by atoms with van der Waals surface area (Å²) in [6.45, 7) is 1.91. The quantitative estimate of drug-likeness (QED) is 0.791. The van der Waals surface area contributed by atoms with Crippen LogP contribution >= 0.6 is 15.9 Å². The molecule has 80 valence electrons. The maximum absolute atomic E-state index is 11.2. The molecule has 0 radical (unpaired) electrons. The second kappa shape index (κ2) is 3.28. The average Bonchev–Trinajstić information content (AvgIpc) is 2.41. The third-order valence-electron chi connectivity index (χ3n) is 1.98. The van der Waals surface area contributed by atoms with Crippen LogP contribution in [0.5, 0.6) is 0 Å². The molecule has 0 aliphatic heterocycles. The summed E-state index contributed by atoms with van der Waals surface area (Å²) in [6.07, 6.45) is 2.59. The van der Waals surface area contributed by atoms with Gasteiger partial charge in [0.05, 0.1) is 11.7 Å². The Morgan fingerprint density at radius 3 is 2.73 bits per heavy atom. The number of aromatic nitrogens is 3. The molecule has 7 heteroatoms. The van der Waals surface area contributed by atoms with Crippen molar-refractivity contribution in [2.45, 2.75) is 12.1 Å². The topological polar surface area (TPSA) is 64.3 Å². The highest BCUT2D eigenvalue weighted by molar-refractivity contribution is 9.10. The molecule has 0 N–H and O–H groups in total. The van der Waals surface area contributed by atoms with Gasteiger partial charge < -0.3 is 0 Å². The van der Waals surface area contributed by atoms with Gasteiger partial charge in [0.25, 0.3) is 5.16 Å². The van der Waals surface area contributed by atoms with E-state index in [4.69, 9.17) is 0 Å². The average molecular weight is 290 g/mol. The van der Waals surface area contributed by atoms with Crippen molar-refractivity contribution >= 4 is 31.3 Å². The Balaban J connectivity index is 2.82. The van der Waals surface area contributed by atoms with Crippen LogP contribution in [0.1, 0.15) is 5.56 Å². The summed E-state index contributed by atoms with van der Waals surface area (Å²) in [7, 11) is -3.37. The third kappa shape index (κ3) is 1.76. The minimum atomic E-state index is -3.37. The minimum Gasteiger partial charge on any atom is -0.223 e. The first-order valence-corrected chi connectivity index (χ1v) is 6.79. The van der Waals surface area contributed by atoms with Gasteiger partial charge in [-0.1, -0.05) is 0 Å². The smallest absolute Gasteiger partial charge is 0.223 e. The number of fused-ring (bicyclic) bond motifs is 1. The van der Waals surface area contributed by atoms with Crippen LogP contribution in [-0.4, -0.2) is 29.3 Å². The molecule has 0 saturated carbocycles. The summed E-state index contributed by atoms with van der Waals surface area (Å²) in [5, 5.41) is 3.76. The van der Waals surface area contributed by atoms with E-state index in [0.29, 0.717) is 4.60 Å². The van der Waals surface area contributed by atoms with Crippen molar-refractivity contribution < 1.29 is 8.42 Å². The molecule has 0 bridgehead atoms. The van der Waals surface area contributed by atoms with Gasteiger partial charge in [-0.05, 0) is 34.5 Å². The van der Waals surface area contributed by atoms with Gasteiger partial charge in [0, 0.05) is 6.26 Å². The van der Waals surface area contributed by atoms with E-state index < -0.39 is 9.84 Å². The fourth-order valence-corrected chi connectivity index (χ4v) is 2.34. The minimum absolute atomic E-state index is 0.175. The highest BCUT2D eigenvalue weighted by Gasteiger charge is 2.13. The Morgan fingerprint density at radius 1 is 1.47 bits per heavy atom. The molecule has 2 aromatic rings. The van der Waals surface area contributed by atoms with Gasteiger partial charge in [-0.2, -0.15) is 0 Å². The van der Waals surface area contributed by atoms with E-state index >= 15 is 0 Å².